The number of hydrogen-bond acceptors (Lipinski definition) is 5. The van der Waals surface area contributed by atoms with Crippen molar-refractivity contribution in [3.63, 3.8) is 0 Å². The summed E-state index contributed by atoms with van der Waals surface area (Å²) in [6.45, 7) is 2.49. The molecule has 0 atom stereocenters. The van der Waals surface area contributed by atoms with E-state index in [1.807, 2.05) is 19.1 Å². The zero-order valence-corrected chi connectivity index (χ0v) is 10.9. The fraction of sp³-hybridized carbons (Fsp3) is 0.333. The molecule has 18 heavy (non-hydrogen) atoms. The Morgan fingerprint density at radius 1 is 1.28 bits per heavy atom. The zero-order chi connectivity index (χ0) is 13.0. The Balaban J connectivity index is 2.34. The summed E-state index contributed by atoms with van der Waals surface area (Å²) < 4.78 is 16.1. The number of rotatable bonds is 5. The molecule has 6 heteroatoms. The van der Waals surface area contributed by atoms with E-state index in [1.165, 1.54) is 0 Å². The molecule has 0 aliphatic carbocycles. The summed E-state index contributed by atoms with van der Waals surface area (Å²) in [4.78, 5) is 0. The van der Waals surface area contributed by atoms with E-state index in [2.05, 4.69) is 10.2 Å². The van der Waals surface area contributed by atoms with Crippen LogP contribution in [0.4, 0.5) is 0 Å². The van der Waals surface area contributed by atoms with E-state index in [1.54, 1.807) is 13.2 Å². The molecule has 2 aromatic rings. The maximum absolute atomic E-state index is 5.61. The summed E-state index contributed by atoms with van der Waals surface area (Å²) in [5.41, 5.74) is 0.763. The van der Waals surface area contributed by atoms with Gasteiger partial charge in [0.15, 0.2) is 11.5 Å². The maximum atomic E-state index is 5.61. The average Bonchev–Trinajstić information content (AvgIpc) is 2.88. The lowest BCUT2D eigenvalue weighted by Gasteiger charge is -2.09. The fourth-order valence-corrected chi connectivity index (χ4v) is 1.61. The Labute approximate surface area is 110 Å². The van der Waals surface area contributed by atoms with Crippen LogP contribution in [0.3, 0.4) is 0 Å². The number of halogens is 1. The smallest absolute Gasteiger partial charge is 0.247 e. The predicted octanol–water partition coefficient (Wildman–Crippen LogP) is 2.88. The molecule has 0 saturated carbocycles. The normalized spacial score (nSPS) is 10.4. The lowest BCUT2D eigenvalue weighted by Crippen LogP contribution is -1.95. The van der Waals surface area contributed by atoms with Gasteiger partial charge in [-0.25, -0.2) is 0 Å². The Hall–Kier alpha value is -1.75. The first-order valence-electron chi connectivity index (χ1n) is 5.48. The van der Waals surface area contributed by atoms with Crippen LogP contribution in [-0.2, 0) is 5.88 Å². The Morgan fingerprint density at radius 2 is 2.11 bits per heavy atom. The van der Waals surface area contributed by atoms with Crippen LogP contribution >= 0.6 is 11.6 Å². The molecule has 2 rings (SSSR count). The van der Waals surface area contributed by atoms with Gasteiger partial charge in [-0.3, -0.25) is 0 Å². The van der Waals surface area contributed by atoms with Gasteiger partial charge in [-0.2, -0.15) is 0 Å². The van der Waals surface area contributed by atoms with Crippen molar-refractivity contribution in [3.05, 3.63) is 24.1 Å². The highest BCUT2D eigenvalue weighted by atomic mass is 35.5. The Kier molecular flexibility index (Phi) is 4.04. The molecule has 0 N–H and O–H groups in total. The molecular formula is C12H13ClN2O3. The van der Waals surface area contributed by atoms with Gasteiger partial charge in [-0.05, 0) is 25.1 Å². The van der Waals surface area contributed by atoms with Crippen molar-refractivity contribution in [2.45, 2.75) is 12.8 Å². The van der Waals surface area contributed by atoms with Crippen LogP contribution in [0.25, 0.3) is 11.5 Å². The van der Waals surface area contributed by atoms with Crippen molar-refractivity contribution in [2.24, 2.45) is 0 Å². The molecule has 0 amide bonds. The van der Waals surface area contributed by atoms with Crippen LogP contribution in [0, 0.1) is 0 Å². The number of ether oxygens (including phenoxy) is 2. The summed E-state index contributed by atoms with van der Waals surface area (Å²) in [5.74, 6) is 2.30. The highest BCUT2D eigenvalue weighted by Gasteiger charge is 2.11. The zero-order valence-electron chi connectivity index (χ0n) is 10.1. The SMILES string of the molecule is CCOc1ccc(-c2nnc(CCl)o2)cc1OC. The first-order chi connectivity index (χ1) is 8.78. The number of aromatic nitrogens is 2. The first-order valence-corrected chi connectivity index (χ1v) is 6.01. The van der Waals surface area contributed by atoms with Gasteiger partial charge in [0, 0.05) is 5.56 Å². The van der Waals surface area contributed by atoms with Crippen molar-refractivity contribution < 1.29 is 13.9 Å². The molecular weight excluding hydrogens is 256 g/mol. The van der Waals surface area contributed by atoms with E-state index in [0.29, 0.717) is 29.9 Å². The summed E-state index contributed by atoms with van der Waals surface area (Å²) in [7, 11) is 1.58. The van der Waals surface area contributed by atoms with Gasteiger partial charge in [0.2, 0.25) is 11.8 Å². The van der Waals surface area contributed by atoms with Crippen molar-refractivity contribution in [2.75, 3.05) is 13.7 Å². The van der Waals surface area contributed by atoms with Crippen LogP contribution in [0.1, 0.15) is 12.8 Å². The van der Waals surface area contributed by atoms with Crippen LogP contribution in [0.2, 0.25) is 0 Å². The summed E-state index contributed by atoms with van der Waals surface area (Å²) in [6, 6.07) is 5.43. The molecule has 0 bridgehead atoms. The molecule has 0 unspecified atom stereocenters. The fourth-order valence-electron chi connectivity index (χ4n) is 1.50. The number of alkyl halides is 1. The van der Waals surface area contributed by atoms with Crippen molar-refractivity contribution >= 4 is 11.6 Å². The minimum atomic E-state index is 0.196. The van der Waals surface area contributed by atoms with E-state index < -0.39 is 0 Å². The van der Waals surface area contributed by atoms with Gasteiger partial charge in [0.25, 0.3) is 0 Å². The average molecular weight is 269 g/mol. The lowest BCUT2D eigenvalue weighted by atomic mass is 10.2. The second kappa shape index (κ2) is 5.73. The minimum Gasteiger partial charge on any atom is -0.493 e. The standard InChI is InChI=1S/C12H13ClN2O3/c1-3-17-9-5-4-8(6-10(9)16-2)12-15-14-11(7-13)18-12/h4-6H,3,7H2,1-2H3. The molecule has 1 aromatic heterocycles. The third kappa shape index (κ3) is 2.56. The number of nitrogens with zero attached hydrogens (tertiary/aromatic N) is 2. The molecule has 0 saturated heterocycles. The van der Waals surface area contributed by atoms with Crippen molar-refractivity contribution in [3.8, 4) is 23.0 Å². The molecule has 0 radical (unpaired) electrons. The summed E-state index contributed by atoms with van der Waals surface area (Å²) in [6.07, 6.45) is 0. The first kappa shape index (κ1) is 12.7. The topological polar surface area (TPSA) is 57.4 Å². The van der Waals surface area contributed by atoms with Gasteiger partial charge in [-0.1, -0.05) is 0 Å². The third-order valence-electron chi connectivity index (χ3n) is 2.29. The second-order valence-electron chi connectivity index (χ2n) is 3.43. The van der Waals surface area contributed by atoms with Crippen molar-refractivity contribution in [1.29, 1.82) is 0 Å². The van der Waals surface area contributed by atoms with E-state index in [-0.39, 0.29) is 5.88 Å². The molecule has 0 spiro atoms. The van der Waals surface area contributed by atoms with Crippen LogP contribution in [-0.4, -0.2) is 23.9 Å². The molecule has 1 heterocycles. The van der Waals surface area contributed by atoms with Gasteiger partial charge in [0.1, 0.15) is 5.88 Å². The van der Waals surface area contributed by atoms with Gasteiger partial charge in [-0.15, -0.1) is 21.8 Å². The lowest BCUT2D eigenvalue weighted by molar-refractivity contribution is 0.311. The Bertz CT molecular complexity index is 528. The Morgan fingerprint density at radius 3 is 2.72 bits per heavy atom. The quantitative estimate of drug-likeness (QED) is 0.781. The van der Waals surface area contributed by atoms with Gasteiger partial charge in [0.05, 0.1) is 13.7 Å². The van der Waals surface area contributed by atoms with E-state index in [9.17, 15) is 0 Å². The monoisotopic (exact) mass is 268 g/mol. The highest BCUT2D eigenvalue weighted by molar-refractivity contribution is 6.16. The number of methoxy groups -OCH3 is 1. The second-order valence-corrected chi connectivity index (χ2v) is 3.70. The maximum Gasteiger partial charge on any atom is 0.247 e. The molecule has 0 aliphatic heterocycles. The van der Waals surface area contributed by atoms with E-state index in [4.69, 9.17) is 25.5 Å². The molecule has 96 valence electrons. The van der Waals surface area contributed by atoms with E-state index in [0.717, 1.165) is 5.56 Å². The molecule has 0 aliphatic rings. The minimum absolute atomic E-state index is 0.196. The molecule has 5 nitrogen and oxygen atoms in total. The number of benzene rings is 1. The highest BCUT2D eigenvalue weighted by Crippen LogP contribution is 2.32. The van der Waals surface area contributed by atoms with Crippen molar-refractivity contribution in [1.82, 2.24) is 10.2 Å². The summed E-state index contributed by atoms with van der Waals surface area (Å²) in [5, 5.41) is 7.72. The van der Waals surface area contributed by atoms with Crippen LogP contribution in [0.15, 0.2) is 22.6 Å². The van der Waals surface area contributed by atoms with Crippen LogP contribution < -0.4 is 9.47 Å². The number of hydrogen-bond donors (Lipinski definition) is 0. The molecule has 1 aromatic carbocycles. The largest absolute Gasteiger partial charge is 0.493 e. The molecule has 0 fully saturated rings. The predicted molar refractivity (Wildman–Crippen MR) is 67.0 cm³/mol. The van der Waals surface area contributed by atoms with Gasteiger partial charge < -0.3 is 13.9 Å². The third-order valence-corrected chi connectivity index (χ3v) is 2.52. The summed E-state index contributed by atoms with van der Waals surface area (Å²) >= 11 is 5.61. The van der Waals surface area contributed by atoms with Crippen LogP contribution in [0.5, 0.6) is 11.5 Å². The van der Waals surface area contributed by atoms with Gasteiger partial charge >= 0.3 is 0 Å². The van der Waals surface area contributed by atoms with E-state index >= 15 is 0 Å².